The molecule has 0 bridgehead atoms. The highest BCUT2D eigenvalue weighted by molar-refractivity contribution is 7.98. The highest BCUT2D eigenvalue weighted by atomic mass is 32.2. The zero-order valence-corrected chi connectivity index (χ0v) is 12.0. The molecule has 1 heterocycles. The van der Waals surface area contributed by atoms with Crippen molar-refractivity contribution in [1.82, 2.24) is 4.98 Å². The van der Waals surface area contributed by atoms with E-state index in [0.717, 1.165) is 21.6 Å². The van der Waals surface area contributed by atoms with Gasteiger partial charge in [0.1, 0.15) is 5.52 Å². The number of hydrogen-bond acceptors (Lipinski definition) is 5. The summed E-state index contributed by atoms with van der Waals surface area (Å²) >= 11 is 3.32. The Kier molecular flexibility index (Phi) is 3.31. The van der Waals surface area contributed by atoms with Crippen LogP contribution in [0.15, 0.2) is 46.8 Å². The summed E-state index contributed by atoms with van der Waals surface area (Å²) in [5.74, 6) is 0. The van der Waals surface area contributed by atoms with Crippen LogP contribution in [-0.4, -0.2) is 11.2 Å². The molecular formula is C14H13N3S2. The molecule has 0 spiro atoms. The highest BCUT2D eigenvalue weighted by Gasteiger charge is 2.07. The Balaban J connectivity index is 1.98. The van der Waals surface area contributed by atoms with Crippen LogP contribution in [0.1, 0.15) is 0 Å². The number of anilines is 3. The smallest absolute Gasteiger partial charge is 0.106 e. The van der Waals surface area contributed by atoms with E-state index in [0.29, 0.717) is 5.69 Å². The molecule has 0 amide bonds. The summed E-state index contributed by atoms with van der Waals surface area (Å²) < 4.78 is 1.11. The van der Waals surface area contributed by atoms with Gasteiger partial charge in [0.05, 0.1) is 21.6 Å². The van der Waals surface area contributed by atoms with E-state index in [-0.39, 0.29) is 0 Å². The van der Waals surface area contributed by atoms with Crippen LogP contribution in [0.25, 0.3) is 10.2 Å². The van der Waals surface area contributed by atoms with E-state index in [2.05, 4.69) is 28.7 Å². The maximum absolute atomic E-state index is 6.16. The summed E-state index contributed by atoms with van der Waals surface area (Å²) in [6, 6.07) is 12.3. The summed E-state index contributed by atoms with van der Waals surface area (Å²) in [6.45, 7) is 0. The Bertz CT molecular complexity index is 722. The molecule has 96 valence electrons. The van der Waals surface area contributed by atoms with Crippen molar-refractivity contribution in [2.24, 2.45) is 0 Å². The molecule has 3 rings (SSSR count). The third-order valence-electron chi connectivity index (χ3n) is 2.89. The van der Waals surface area contributed by atoms with Gasteiger partial charge in [-0.3, -0.25) is 0 Å². The fraction of sp³-hybridized carbons (Fsp3) is 0.0714. The molecular weight excluding hydrogens is 274 g/mol. The largest absolute Gasteiger partial charge is 0.395 e. The molecule has 19 heavy (non-hydrogen) atoms. The normalized spacial score (nSPS) is 10.8. The zero-order chi connectivity index (χ0) is 13.2. The van der Waals surface area contributed by atoms with Crippen molar-refractivity contribution >= 4 is 50.4 Å². The minimum absolute atomic E-state index is 0.702. The summed E-state index contributed by atoms with van der Waals surface area (Å²) in [4.78, 5) is 5.52. The molecule has 0 aliphatic heterocycles. The number of nitrogens with zero attached hydrogens (tertiary/aromatic N) is 1. The minimum Gasteiger partial charge on any atom is -0.395 e. The lowest BCUT2D eigenvalue weighted by Gasteiger charge is -2.10. The van der Waals surface area contributed by atoms with Crippen LogP contribution in [0.5, 0.6) is 0 Å². The molecule has 0 saturated carbocycles. The maximum Gasteiger partial charge on any atom is 0.106 e. The van der Waals surface area contributed by atoms with Crippen molar-refractivity contribution in [1.29, 1.82) is 0 Å². The monoisotopic (exact) mass is 287 g/mol. The molecule has 5 heteroatoms. The number of thioether (sulfide) groups is 1. The molecule has 3 nitrogen and oxygen atoms in total. The van der Waals surface area contributed by atoms with Crippen LogP contribution in [0.3, 0.4) is 0 Å². The highest BCUT2D eigenvalue weighted by Crippen LogP contribution is 2.32. The minimum atomic E-state index is 0.702. The number of benzene rings is 2. The Hall–Kier alpha value is -1.72. The first-order chi connectivity index (χ1) is 9.28. The predicted molar refractivity (Wildman–Crippen MR) is 85.5 cm³/mol. The zero-order valence-electron chi connectivity index (χ0n) is 10.4. The first-order valence-corrected chi connectivity index (χ1v) is 7.91. The molecule has 0 fully saturated rings. The van der Waals surface area contributed by atoms with E-state index in [1.807, 2.05) is 29.8 Å². The van der Waals surface area contributed by atoms with Gasteiger partial charge in [0, 0.05) is 10.6 Å². The van der Waals surface area contributed by atoms with Gasteiger partial charge in [0.2, 0.25) is 0 Å². The van der Waals surface area contributed by atoms with Gasteiger partial charge in [-0.15, -0.1) is 23.1 Å². The number of rotatable bonds is 3. The van der Waals surface area contributed by atoms with E-state index in [1.54, 1.807) is 23.1 Å². The molecule has 2 aromatic carbocycles. The second-order valence-electron chi connectivity index (χ2n) is 4.08. The third-order valence-corrected chi connectivity index (χ3v) is 4.41. The maximum atomic E-state index is 6.16. The second kappa shape index (κ2) is 5.11. The molecule has 0 atom stereocenters. The number of nitrogens with two attached hydrogens (primary N) is 1. The van der Waals surface area contributed by atoms with Crippen LogP contribution in [0.4, 0.5) is 17.1 Å². The van der Waals surface area contributed by atoms with Crippen molar-refractivity contribution in [3.05, 3.63) is 41.9 Å². The molecule has 0 radical (unpaired) electrons. The van der Waals surface area contributed by atoms with Gasteiger partial charge in [-0.1, -0.05) is 6.07 Å². The first-order valence-electron chi connectivity index (χ1n) is 5.80. The van der Waals surface area contributed by atoms with Crippen LogP contribution >= 0.6 is 23.1 Å². The van der Waals surface area contributed by atoms with Crippen LogP contribution in [0.2, 0.25) is 0 Å². The first kappa shape index (κ1) is 12.3. The van der Waals surface area contributed by atoms with Crippen LogP contribution < -0.4 is 11.1 Å². The molecule has 0 aliphatic carbocycles. The van der Waals surface area contributed by atoms with Gasteiger partial charge >= 0.3 is 0 Å². The van der Waals surface area contributed by atoms with E-state index >= 15 is 0 Å². The standard InChI is InChI=1S/C14H13N3S2/c1-18-10-4-2-3-9(7-10)17-11-5-6-12-14(13(11)15)16-8-19-12/h2-8,17H,15H2,1H3. The van der Waals surface area contributed by atoms with Crippen molar-refractivity contribution in [3.8, 4) is 0 Å². The van der Waals surface area contributed by atoms with E-state index in [1.165, 1.54) is 4.90 Å². The fourth-order valence-corrected chi connectivity index (χ4v) is 3.07. The number of aromatic nitrogens is 1. The van der Waals surface area contributed by atoms with Crippen molar-refractivity contribution in [2.45, 2.75) is 4.90 Å². The number of thiazole rings is 1. The summed E-state index contributed by atoms with van der Waals surface area (Å²) in [6.07, 6.45) is 2.06. The second-order valence-corrected chi connectivity index (χ2v) is 5.85. The summed E-state index contributed by atoms with van der Waals surface area (Å²) in [7, 11) is 0. The van der Waals surface area contributed by atoms with Crippen molar-refractivity contribution < 1.29 is 0 Å². The van der Waals surface area contributed by atoms with Crippen LogP contribution in [0, 0.1) is 0 Å². The van der Waals surface area contributed by atoms with Gasteiger partial charge in [0.15, 0.2) is 0 Å². The van der Waals surface area contributed by atoms with Gasteiger partial charge in [-0.25, -0.2) is 4.98 Å². The lowest BCUT2D eigenvalue weighted by Crippen LogP contribution is -1.97. The summed E-state index contributed by atoms with van der Waals surface area (Å²) in [5, 5.41) is 3.36. The predicted octanol–water partition coefficient (Wildman–Crippen LogP) is 4.34. The molecule has 0 aliphatic rings. The SMILES string of the molecule is CSc1cccc(Nc2ccc3scnc3c2N)c1. The van der Waals surface area contributed by atoms with Gasteiger partial charge < -0.3 is 11.1 Å². The fourth-order valence-electron chi connectivity index (χ4n) is 1.92. The number of fused-ring (bicyclic) bond motifs is 1. The molecule has 0 saturated heterocycles. The number of nitrogen functional groups attached to an aromatic ring is 1. The van der Waals surface area contributed by atoms with E-state index in [4.69, 9.17) is 5.73 Å². The average molecular weight is 287 g/mol. The summed E-state index contributed by atoms with van der Waals surface area (Å²) in [5.41, 5.74) is 11.5. The lowest BCUT2D eigenvalue weighted by atomic mass is 10.2. The molecule has 0 unspecified atom stereocenters. The van der Waals surface area contributed by atoms with E-state index in [9.17, 15) is 0 Å². The Labute approximate surface area is 119 Å². The average Bonchev–Trinajstić information content (AvgIpc) is 2.91. The Morgan fingerprint density at radius 3 is 3.00 bits per heavy atom. The molecule has 3 N–H and O–H groups in total. The quantitative estimate of drug-likeness (QED) is 0.555. The van der Waals surface area contributed by atoms with Gasteiger partial charge in [0.25, 0.3) is 0 Å². The lowest BCUT2D eigenvalue weighted by molar-refractivity contribution is 1.44. The topological polar surface area (TPSA) is 50.9 Å². The van der Waals surface area contributed by atoms with Gasteiger partial charge in [-0.05, 0) is 36.6 Å². The Morgan fingerprint density at radius 2 is 2.16 bits per heavy atom. The van der Waals surface area contributed by atoms with Crippen molar-refractivity contribution in [2.75, 3.05) is 17.3 Å². The van der Waals surface area contributed by atoms with E-state index < -0.39 is 0 Å². The molecule has 1 aromatic heterocycles. The number of nitrogens with one attached hydrogen (secondary N) is 1. The number of hydrogen-bond donors (Lipinski definition) is 2. The van der Waals surface area contributed by atoms with Gasteiger partial charge in [-0.2, -0.15) is 0 Å². The third kappa shape index (κ3) is 2.39. The molecule has 3 aromatic rings. The van der Waals surface area contributed by atoms with Crippen LogP contribution in [-0.2, 0) is 0 Å². The van der Waals surface area contributed by atoms with Crippen molar-refractivity contribution in [3.63, 3.8) is 0 Å². The Morgan fingerprint density at radius 1 is 1.26 bits per heavy atom.